The first-order valence-corrected chi connectivity index (χ1v) is 9.49. The molecule has 2 aromatic carbocycles. The monoisotopic (exact) mass is 399 g/mol. The number of hydrogen-bond acceptors (Lipinski definition) is 3. The predicted octanol–water partition coefficient (Wildman–Crippen LogP) is 3.79. The number of benzene rings is 2. The standard InChI is InChI=1S/C17H16F3N3O3S/c18-17(19,20)11-2-1-3-15(10-11)27(25,26)23-14-8-6-13(7-9-14)22-16(24)21-12-4-5-12/h1-3,6-10,12,23H,4-5H2,(H2,21,22,24). The van der Waals surface area contributed by atoms with E-state index in [1.54, 1.807) is 0 Å². The van der Waals surface area contributed by atoms with E-state index in [9.17, 15) is 26.4 Å². The molecular weight excluding hydrogens is 383 g/mol. The number of carbonyl (C=O) groups is 1. The van der Waals surface area contributed by atoms with Crippen LogP contribution in [-0.2, 0) is 16.2 Å². The normalized spacial score (nSPS) is 14.5. The summed E-state index contributed by atoms with van der Waals surface area (Å²) in [5, 5.41) is 5.35. The van der Waals surface area contributed by atoms with Gasteiger partial charge in [0.1, 0.15) is 0 Å². The fourth-order valence-corrected chi connectivity index (χ4v) is 3.36. The molecule has 144 valence electrons. The molecule has 1 aliphatic rings. The number of anilines is 2. The van der Waals surface area contributed by atoms with Gasteiger partial charge in [0, 0.05) is 17.4 Å². The van der Waals surface area contributed by atoms with Gasteiger partial charge in [0.15, 0.2) is 0 Å². The second-order valence-corrected chi connectivity index (χ2v) is 7.76. The number of halogens is 3. The zero-order valence-electron chi connectivity index (χ0n) is 13.9. The van der Waals surface area contributed by atoms with Crippen molar-refractivity contribution >= 4 is 27.4 Å². The Bertz CT molecular complexity index is 940. The predicted molar refractivity (Wildman–Crippen MR) is 93.9 cm³/mol. The van der Waals surface area contributed by atoms with Gasteiger partial charge >= 0.3 is 12.2 Å². The summed E-state index contributed by atoms with van der Waals surface area (Å²) >= 11 is 0. The van der Waals surface area contributed by atoms with Gasteiger partial charge in [-0.15, -0.1) is 0 Å². The van der Waals surface area contributed by atoms with E-state index in [4.69, 9.17) is 0 Å². The zero-order valence-corrected chi connectivity index (χ0v) is 14.7. The van der Waals surface area contributed by atoms with Crippen molar-refractivity contribution in [2.24, 2.45) is 0 Å². The lowest BCUT2D eigenvalue weighted by molar-refractivity contribution is -0.137. The number of carbonyl (C=O) groups excluding carboxylic acids is 1. The van der Waals surface area contributed by atoms with Crippen LogP contribution in [0.15, 0.2) is 53.4 Å². The highest BCUT2D eigenvalue weighted by atomic mass is 32.2. The molecule has 2 amide bonds. The SMILES string of the molecule is O=C(Nc1ccc(NS(=O)(=O)c2cccc(C(F)(F)F)c2)cc1)NC1CC1. The van der Waals surface area contributed by atoms with Gasteiger partial charge in [-0.05, 0) is 55.3 Å². The minimum atomic E-state index is -4.64. The van der Waals surface area contributed by atoms with Crippen molar-refractivity contribution in [2.45, 2.75) is 30.0 Å². The molecule has 1 aliphatic carbocycles. The lowest BCUT2D eigenvalue weighted by Crippen LogP contribution is -2.30. The van der Waals surface area contributed by atoms with Crippen LogP contribution in [0.4, 0.5) is 29.3 Å². The van der Waals surface area contributed by atoms with Crippen molar-refractivity contribution in [3.63, 3.8) is 0 Å². The minimum absolute atomic E-state index is 0.153. The Labute approximate surface area is 153 Å². The number of urea groups is 1. The number of sulfonamides is 1. The first-order valence-electron chi connectivity index (χ1n) is 8.01. The van der Waals surface area contributed by atoms with E-state index in [0.29, 0.717) is 11.8 Å². The van der Waals surface area contributed by atoms with Crippen LogP contribution in [0.3, 0.4) is 0 Å². The second-order valence-electron chi connectivity index (χ2n) is 6.08. The third-order valence-electron chi connectivity index (χ3n) is 3.78. The van der Waals surface area contributed by atoms with Gasteiger partial charge in [0.05, 0.1) is 10.5 Å². The van der Waals surface area contributed by atoms with Crippen LogP contribution < -0.4 is 15.4 Å². The van der Waals surface area contributed by atoms with Crippen LogP contribution in [-0.4, -0.2) is 20.5 Å². The molecule has 0 bridgehead atoms. The summed E-state index contributed by atoms with van der Waals surface area (Å²) in [7, 11) is -4.19. The van der Waals surface area contributed by atoms with Crippen molar-refractivity contribution in [3.05, 3.63) is 54.1 Å². The number of alkyl halides is 3. The third-order valence-corrected chi connectivity index (χ3v) is 5.16. The third kappa shape index (κ3) is 5.13. The molecule has 0 radical (unpaired) electrons. The molecule has 0 heterocycles. The highest BCUT2D eigenvalue weighted by molar-refractivity contribution is 7.92. The van der Waals surface area contributed by atoms with E-state index < -0.39 is 26.7 Å². The molecule has 0 aromatic heterocycles. The maximum absolute atomic E-state index is 12.8. The van der Waals surface area contributed by atoms with Crippen molar-refractivity contribution in [1.29, 1.82) is 0 Å². The maximum atomic E-state index is 12.8. The Morgan fingerprint density at radius 2 is 1.63 bits per heavy atom. The molecule has 1 saturated carbocycles. The van der Waals surface area contributed by atoms with Crippen molar-refractivity contribution in [3.8, 4) is 0 Å². The van der Waals surface area contributed by atoms with E-state index in [-0.39, 0.29) is 17.8 Å². The highest BCUT2D eigenvalue weighted by Gasteiger charge is 2.31. The van der Waals surface area contributed by atoms with Gasteiger partial charge in [-0.25, -0.2) is 13.2 Å². The molecule has 6 nitrogen and oxygen atoms in total. The van der Waals surface area contributed by atoms with Crippen LogP contribution in [0.2, 0.25) is 0 Å². The van der Waals surface area contributed by atoms with Crippen LogP contribution in [0.25, 0.3) is 0 Å². The molecule has 0 saturated heterocycles. The molecule has 0 aliphatic heterocycles. The average molecular weight is 399 g/mol. The van der Waals surface area contributed by atoms with Crippen molar-refractivity contribution in [1.82, 2.24) is 5.32 Å². The number of hydrogen-bond donors (Lipinski definition) is 3. The summed E-state index contributed by atoms with van der Waals surface area (Å²) in [6.45, 7) is 0. The summed E-state index contributed by atoms with van der Waals surface area (Å²) in [5.74, 6) is 0. The number of nitrogens with one attached hydrogen (secondary N) is 3. The summed E-state index contributed by atoms with van der Waals surface area (Å²) in [5.41, 5.74) is -0.442. The topological polar surface area (TPSA) is 87.3 Å². The fourth-order valence-electron chi connectivity index (χ4n) is 2.26. The Balaban J connectivity index is 1.69. The van der Waals surface area contributed by atoms with Crippen LogP contribution in [0.1, 0.15) is 18.4 Å². The van der Waals surface area contributed by atoms with Gasteiger partial charge in [-0.2, -0.15) is 13.2 Å². The zero-order chi connectivity index (χ0) is 19.7. The smallest absolute Gasteiger partial charge is 0.335 e. The Kier molecular flexibility index (Phi) is 5.01. The molecule has 27 heavy (non-hydrogen) atoms. The molecule has 3 N–H and O–H groups in total. The molecular formula is C17H16F3N3O3S. The molecule has 0 spiro atoms. The van der Waals surface area contributed by atoms with Gasteiger partial charge in [0.25, 0.3) is 10.0 Å². The molecule has 2 aromatic rings. The summed E-state index contributed by atoms with van der Waals surface area (Å²) in [4.78, 5) is 11.2. The fraction of sp³-hybridized carbons (Fsp3) is 0.235. The first-order chi connectivity index (χ1) is 12.6. The van der Waals surface area contributed by atoms with E-state index in [1.807, 2.05) is 0 Å². The van der Waals surface area contributed by atoms with Crippen LogP contribution in [0.5, 0.6) is 0 Å². The van der Waals surface area contributed by atoms with Gasteiger partial charge < -0.3 is 10.6 Å². The first kappa shape index (κ1) is 19.0. The van der Waals surface area contributed by atoms with Crippen molar-refractivity contribution < 1.29 is 26.4 Å². The van der Waals surface area contributed by atoms with Gasteiger partial charge in [-0.3, -0.25) is 4.72 Å². The maximum Gasteiger partial charge on any atom is 0.416 e. The number of rotatable bonds is 5. The summed E-state index contributed by atoms with van der Waals surface area (Å²) < 4.78 is 65.1. The molecule has 3 rings (SSSR count). The Hall–Kier alpha value is -2.75. The molecule has 1 fully saturated rings. The van der Waals surface area contributed by atoms with Crippen LogP contribution >= 0.6 is 0 Å². The summed E-state index contributed by atoms with van der Waals surface area (Å²) in [6, 6.07) is 9.09. The Morgan fingerprint density at radius 3 is 2.22 bits per heavy atom. The molecule has 10 heteroatoms. The lowest BCUT2D eigenvalue weighted by atomic mass is 10.2. The van der Waals surface area contributed by atoms with Crippen molar-refractivity contribution in [2.75, 3.05) is 10.0 Å². The largest absolute Gasteiger partial charge is 0.416 e. The average Bonchev–Trinajstić information content (AvgIpc) is 3.39. The quantitative estimate of drug-likeness (QED) is 0.715. The van der Waals surface area contributed by atoms with E-state index >= 15 is 0 Å². The van der Waals surface area contributed by atoms with Crippen LogP contribution in [0, 0.1) is 0 Å². The lowest BCUT2D eigenvalue weighted by Gasteiger charge is -2.12. The van der Waals surface area contributed by atoms with Gasteiger partial charge in [-0.1, -0.05) is 6.07 Å². The number of amides is 2. The van der Waals surface area contributed by atoms with E-state index in [0.717, 1.165) is 31.0 Å². The Morgan fingerprint density at radius 1 is 1.00 bits per heavy atom. The van der Waals surface area contributed by atoms with Gasteiger partial charge in [0.2, 0.25) is 0 Å². The second kappa shape index (κ2) is 7.10. The van der Waals surface area contributed by atoms with E-state index in [2.05, 4.69) is 15.4 Å². The molecule has 0 atom stereocenters. The molecule has 0 unspecified atom stereocenters. The minimum Gasteiger partial charge on any atom is -0.335 e. The van der Waals surface area contributed by atoms with E-state index in [1.165, 1.54) is 24.3 Å². The highest BCUT2D eigenvalue weighted by Crippen LogP contribution is 2.31. The summed E-state index contributed by atoms with van der Waals surface area (Å²) in [6.07, 6.45) is -2.74.